The van der Waals surface area contributed by atoms with Gasteiger partial charge in [-0.25, -0.2) is 0 Å². The molecule has 3 heteroatoms. The van der Waals surface area contributed by atoms with E-state index in [-0.39, 0.29) is 6.04 Å². The molecule has 19 heavy (non-hydrogen) atoms. The topological polar surface area (TPSA) is 34.4 Å². The third kappa shape index (κ3) is 2.82. The first kappa shape index (κ1) is 12.3. The third-order valence-electron chi connectivity index (χ3n) is 3.59. The van der Waals surface area contributed by atoms with Gasteiger partial charge in [0.25, 0.3) is 0 Å². The highest BCUT2D eigenvalue weighted by molar-refractivity contribution is 5.39. The van der Waals surface area contributed by atoms with E-state index in [4.69, 9.17) is 9.15 Å². The van der Waals surface area contributed by atoms with Crippen molar-refractivity contribution in [3.63, 3.8) is 0 Å². The van der Waals surface area contributed by atoms with Crippen LogP contribution >= 0.6 is 0 Å². The summed E-state index contributed by atoms with van der Waals surface area (Å²) in [5.74, 6) is 2.04. The van der Waals surface area contributed by atoms with Crippen molar-refractivity contribution in [2.24, 2.45) is 0 Å². The van der Waals surface area contributed by atoms with Crippen LogP contribution in [-0.2, 0) is 12.8 Å². The van der Waals surface area contributed by atoms with Gasteiger partial charge in [-0.15, -0.1) is 0 Å². The maximum Gasteiger partial charge on any atom is 0.122 e. The molecule has 1 aliphatic rings. The van der Waals surface area contributed by atoms with Crippen molar-refractivity contribution in [1.29, 1.82) is 0 Å². The summed E-state index contributed by atoms with van der Waals surface area (Å²) in [4.78, 5) is 0. The molecule has 0 amide bonds. The van der Waals surface area contributed by atoms with Gasteiger partial charge >= 0.3 is 0 Å². The number of hydrogen-bond donors (Lipinski definition) is 1. The van der Waals surface area contributed by atoms with Crippen LogP contribution in [0.1, 0.15) is 29.9 Å². The number of nitrogens with one attached hydrogen (secondary N) is 1. The summed E-state index contributed by atoms with van der Waals surface area (Å²) in [7, 11) is 0. The lowest BCUT2D eigenvalue weighted by Crippen LogP contribution is -2.20. The fourth-order valence-electron chi connectivity index (χ4n) is 2.47. The Morgan fingerprint density at radius 2 is 2.26 bits per heavy atom. The molecule has 0 saturated heterocycles. The molecule has 1 aromatic heterocycles. The molecular weight excluding hydrogens is 238 g/mol. The third-order valence-corrected chi connectivity index (χ3v) is 3.59. The number of furan rings is 1. The Balaban J connectivity index is 1.52. The van der Waals surface area contributed by atoms with Gasteiger partial charge in [-0.05, 0) is 49.2 Å². The van der Waals surface area contributed by atoms with Crippen molar-refractivity contribution in [3.8, 4) is 5.75 Å². The van der Waals surface area contributed by atoms with Crippen LogP contribution in [0.15, 0.2) is 41.0 Å². The highest BCUT2D eigenvalue weighted by Crippen LogP contribution is 2.25. The Labute approximate surface area is 113 Å². The molecule has 1 aromatic carbocycles. The van der Waals surface area contributed by atoms with Gasteiger partial charge in [-0.3, -0.25) is 0 Å². The highest BCUT2D eigenvalue weighted by Gasteiger charge is 2.12. The van der Waals surface area contributed by atoms with Crippen molar-refractivity contribution in [1.82, 2.24) is 5.32 Å². The summed E-state index contributed by atoms with van der Waals surface area (Å²) in [6, 6.07) is 10.7. The van der Waals surface area contributed by atoms with Crippen molar-refractivity contribution in [2.45, 2.75) is 25.8 Å². The van der Waals surface area contributed by atoms with E-state index in [1.807, 2.05) is 12.1 Å². The van der Waals surface area contributed by atoms with Crippen molar-refractivity contribution in [2.75, 3.05) is 13.2 Å². The van der Waals surface area contributed by atoms with Gasteiger partial charge in [0, 0.05) is 6.42 Å². The minimum absolute atomic E-state index is 0.257. The monoisotopic (exact) mass is 257 g/mol. The zero-order valence-electron chi connectivity index (χ0n) is 11.2. The Morgan fingerprint density at radius 3 is 3.11 bits per heavy atom. The molecule has 3 rings (SSSR count). The SMILES string of the molecule is CC(NCCc1ccc2c(c1)CCO2)c1ccco1. The molecule has 3 nitrogen and oxygen atoms in total. The van der Waals surface area contributed by atoms with Crippen LogP contribution in [0.4, 0.5) is 0 Å². The predicted octanol–water partition coefficient (Wildman–Crippen LogP) is 3.11. The van der Waals surface area contributed by atoms with E-state index >= 15 is 0 Å². The minimum atomic E-state index is 0.257. The molecule has 0 aliphatic carbocycles. The highest BCUT2D eigenvalue weighted by atomic mass is 16.5. The first-order valence-corrected chi connectivity index (χ1v) is 6.84. The van der Waals surface area contributed by atoms with Gasteiger partial charge in [0.05, 0.1) is 18.9 Å². The Morgan fingerprint density at radius 1 is 1.32 bits per heavy atom. The second-order valence-corrected chi connectivity index (χ2v) is 4.98. The first-order valence-electron chi connectivity index (χ1n) is 6.84. The predicted molar refractivity (Wildman–Crippen MR) is 74.5 cm³/mol. The van der Waals surface area contributed by atoms with E-state index in [0.717, 1.165) is 37.5 Å². The fourth-order valence-corrected chi connectivity index (χ4v) is 2.47. The summed E-state index contributed by atoms with van der Waals surface area (Å²) >= 11 is 0. The van der Waals surface area contributed by atoms with Crippen LogP contribution in [0.25, 0.3) is 0 Å². The van der Waals surface area contributed by atoms with Crippen LogP contribution in [0.3, 0.4) is 0 Å². The second kappa shape index (κ2) is 5.49. The largest absolute Gasteiger partial charge is 0.493 e. The van der Waals surface area contributed by atoms with Crippen molar-refractivity contribution >= 4 is 0 Å². The quantitative estimate of drug-likeness (QED) is 0.893. The number of ether oxygens (including phenoxy) is 1. The maximum absolute atomic E-state index is 5.52. The lowest BCUT2D eigenvalue weighted by Gasteiger charge is -2.11. The van der Waals surface area contributed by atoms with Crippen LogP contribution in [0.5, 0.6) is 5.75 Å². The van der Waals surface area contributed by atoms with Crippen molar-refractivity contribution < 1.29 is 9.15 Å². The molecule has 0 bridgehead atoms. The van der Waals surface area contributed by atoms with Crippen molar-refractivity contribution in [3.05, 3.63) is 53.5 Å². The summed E-state index contributed by atoms with van der Waals surface area (Å²) in [5, 5.41) is 3.48. The average Bonchev–Trinajstić information content (AvgIpc) is 3.09. The van der Waals surface area contributed by atoms with Gasteiger partial charge in [-0.1, -0.05) is 12.1 Å². The summed E-state index contributed by atoms with van der Waals surface area (Å²) in [6.07, 6.45) is 3.78. The Hall–Kier alpha value is -1.74. The summed E-state index contributed by atoms with van der Waals surface area (Å²) in [6.45, 7) is 3.89. The van der Waals surface area contributed by atoms with E-state index in [0.29, 0.717) is 0 Å². The number of hydrogen-bond acceptors (Lipinski definition) is 3. The average molecular weight is 257 g/mol. The molecule has 1 atom stereocenters. The Kier molecular flexibility index (Phi) is 3.56. The molecule has 1 N–H and O–H groups in total. The molecule has 0 saturated carbocycles. The molecule has 2 heterocycles. The lowest BCUT2D eigenvalue weighted by atomic mass is 10.1. The summed E-state index contributed by atoms with van der Waals surface area (Å²) < 4.78 is 10.9. The van der Waals surface area contributed by atoms with Gasteiger partial charge in [0.1, 0.15) is 11.5 Å². The fraction of sp³-hybridized carbons (Fsp3) is 0.375. The van der Waals surface area contributed by atoms with Crippen LogP contribution in [0.2, 0.25) is 0 Å². The number of benzene rings is 1. The zero-order chi connectivity index (χ0) is 13.1. The lowest BCUT2D eigenvalue weighted by molar-refractivity contribution is 0.357. The number of fused-ring (bicyclic) bond motifs is 1. The van der Waals surface area contributed by atoms with Gasteiger partial charge < -0.3 is 14.5 Å². The van der Waals surface area contributed by atoms with E-state index in [2.05, 4.69) is 30.4 Å². The van der Waals surface area contributed by atoms with Crippen LogP contribution < -0.4 is 10.1 Å². The summed E-state index contributed by atoms with van der Waals surface area (Å²) in [5.41, 5.74) is 2.71. The minimum Gasteiger partial charge on any atom is -0.493 e. The first-order chi connectivity index (χ1) is 9.33. The van der Waals surface area contributed by atoms with Crippen LogP contribution in [0, 0.1) is 0 Å². The van der Waals surface area contributed by atoms with E-state index in [1.54, 1.807) is 6.26 Å². The normalized spacial score (nSPS) is 15.0. The van der Waals surface area contributed by atoms with E-state index in [9.17, 15) is 0 Å². The second-order valence-electron chi connectivity index (χ2n) is 4.98. The van der Waals surface area contributed by atoms with Gasteiger partial charge in [0.2, 0.25) is 0 Å². The van der Waals surface area contributed by atoms with E-state index in [1.165, 1.54) is 11.1 Å². The molecular formula is C16H19NO2. The standard InChI is InChI=1S/C16H19NO2/c1-12(15-3-2-9-18-15)17-8-6-13-4-5-16-14(11-13)7-10-19-16/h2-5,9,11-12,17H,6-8,10H2,1H3. The molecule has 0 spiro atoms. The number of rotatable bonds is 5. The molecule has 1 aliphatic heterocycles. The molecule has 0 fully saturated rings. The van der Waals surface area contributed by atoms with Crippen LogP contribution in [-0.4, -0.2) is 13.2 Å². The van der Waals surface area contributed by atoms with Gasteiger partial charge in [0.15, 0.2) is 0 Å². The zero-order valence-corrected chi connectivity index (χ0v) is 11.2. The molecule has 100 valence electrons. The maximum atomic E-state index is 5.52. The Bertz CT molecular complexity index is 534. The molecule has 0 radical (unpaired) electrons. The van der Waals surface area contributed by atoms with E-state index < -0.39 is 0 Å². The smallest absolute Gasteiger partial charge is 0.122 e. The van der Waals surface area contributed by atoms with Gasteiger partial charge in [-0.2, -0.15) is 0 Å². The molecule has 2 aromatic rings. The molecule has 1 unspecified atom stereocenters.